The molecule has 2 amide bonds. The molecule has 5 aliphatic heterocycles. The van der Waals surface area contributed by atoms with Crippen LogP contribution < -0.4 is 40.9 Å². The zero-order valence-corrected chi connectivity index (χ0v) is 60.3. The van der Waals surface area contributed by atoms with Crippen molar-refractivity contribution in [2.45, 2.75) is 109 Å². The minimum absolute atomic E-state index is 0. The summed E-state index contributed by atoms with van der Waals surface area (Å²) in [4.78, 5) is 46.7. The van der Waals surface area contributed by atoms with Crippen molar-refractivity contribution < 1.29 is 45.4 Å². The number of alkyl halides is 2. The number of hydrogen-bond donors (Lipinski definition) is 3. The third kappa shape index (κ3) is 19.2. The van der Waals surface area contributed by atoms with E-state index in [1.807, 2.05) is 31.0 Å². The molecule has 0 bridgehead atoms. The second kappa shape index (κ2) is 34.6. The number of nitrogens with two attached hydrogens (primary N) is 1. The van der Waals surface area contributed by atoms with E-state index in [9.17, 15) is 35.2 Å². The number of aryl methyl sites for hydroxylation is 2. The largest absolute Gasteiger partial charge is 0.412 e. The molecule has 5 aliphatic rings. The van der Waals surface area contributed by atoms with Crippen molar-refractivity contribution in [3.63, 3.8) is 0 Å². The average molecular weight is 1490 g/mol. The molecule has 9 aromatic rings. The van der Waals surface area contributed by atoms with Crippen LogP contribution in [0.4, 0.5) is 31.8 Å². The fourth-order valence-electron chi connectivity index (χ4n) is 13.0. The van der Waals surface area contributed by atoms with Crippen molar-refractivity contribution in [1.29, 1.82) is 0 Å². The van der Waals surface area contributed by atoms with Crippen LogP contribution in [-0.2, 0) is 24.8 Å². The number of nitrogens with one attached hydrogen (secondary N) is 2. The first kappa shape index (κ1) is 77.6. The van der Waals surface area contributed by atoms with E-state index in [0.29, 0.717) is 76.8 Å². The maximum Gasteiger partial charge on any atom is 0.256 e. The van der Waals surface area contributed by atoms with Gasteiger partial charge in [-0.15, -0.1) is 0 Å². The summed E-state index contributed by atoms with van der Waals surface area (Å²) in [6.45, 7) is 7.58. The number of amides is 2. The van der Waals surface area contributed by atoms with Gasteiger partial charge in [-0.3, -0.25) is 19.0 Å². The number of benzene rings is 5. The van der Waals surface area contributed by atoms with E-state index in [1.54, 1.807) is 36.0 Å². The van der Waals surface area contributed by atoms with Crippen LogP contribution >= 0.6 is 31.1 Å². The molecule has 24 nitrogen and oxygen atoms in total. The predicted molar refractivity (Wildman–Crippen MR) is 401 cm³/mol. The van der Waals surface area contributed by atoms with Gasteiger partial charge in [-0.2, -0.15) is 10.2 Å². The van der Waals surface area contributed by atoms with E-state index in [4.69, 9.17) is 59.4 Å². The van der Waals surface area contributed by atoms with Crippen molar-refractivity contribution in [3.05, 3.63) is 206 Å². The lowest BCUT2D eigenvalue weighted by Crippen LogP contribution is -2.39. The Kier molecular flexibility index (Phi) is 26.3. The molecule has 0 aliphatic carbocycles. The zero-order chi connectivity index (χ0) is 70.8. The first-order valence-electron chi connectivity index (χ1n) is 33.0. The van der Waals surface area contributed by atoms with E-state index in [-0.39, 0.29) is 78.9 Å². The van der Waals surface area contributed by atoms with Gasteiger partial charge in [-0.25, -0.2) is 44.6 Å². The van der Waals surface area contributed by atoms with Crippen LogP contribution in [0.15, 0.2) is 157 Å². The number of halogens is 4. The van der Waals surface area contributed by atoms with Gasteiger partial charge in [0, 0.05) is 90.0 Å². The Morgan fingerprint density at radius 3 is 1.39 bits per heavy atom. The van der Waals surface area contributed by atoms with Crippen molar-refractivity contribution >= 4 is 113 Å². The Balaban J connectivity index is 0.000000178. The van der Waals surface area contributed by atoms with Crippen molar-refractivity contribution in [3.8, 4) is 0 Å². The monoisotopic (exact) mass is 1490 g/mol. The molecule has 6 atom stereocenters. The molecule has 0 radical (unpaired) electrons. The minimum Gasteiger partial charge on any atom is -0.412 e. The van der Waals surface area contributed by atoms with Crippen LogP contribution in [0, 0.1) is 13.8 Å². The highest BCUT2D eigenvalue weighted by molar-refractivity contribution is 7.92. The molecular formula is C71H85Cl2F2N16O8PS2. The molecule has 0 saturated carbocycles. The number of carbonyl (C=O) groups excluding carboxylic acids is 2. The average Bonchev–Trinajstić information content (AvgIpc) is 1.59. The van der Waals surface area contributed by atoms with Crippen molar-refractivity contribution in [2.75, 3.05) is 84.2 Å². The summed E-state index contributed by atoms with van der Waals surface area (Å²) < 4.78 is 89.1. The molecule has 102 heavy (non-hydrogen) atoms. The highest BCUT2D eigenvalue weighted by atomic mass is 35.5. The second-order valence-corrected chi connectivity index (χ2v) is 31.9. The minimum atomic E-state index is -3.62. The maximum absolute atomic E-state index is 14.4. The summed E-state index contributed by atoms with van der Waals surface area (Å²) in [6.07, 6.45) is 10.6. The van der Waals surface area contributed by atoms with Gasteiger partial charge >= 0.3 is 0 Å². The molecule has 5 fully saturated rings. The van der Waals surface area contributed by atoms with Gasteiger partial charge < -0.3 is 35.5 Å². The lowest BCUT2D eigenvalue weighted by atomic mass is 9.98. The molecule has 31 heteroatoms. The summed E-state index contributed by atoms with van der Waals surface area (Å²) in [6, 6.07) is 42.9. The van der Waals surface area contributed by atoms with Gasteiger partial charge in [-0.05, 0) is 131 Å². The molecule has 9 heterocycles. The number of piperidine rings is 2. The Bertz CT molecular complexity index is 4550. The molecule has 0 spiro atoms. The molecule has 5 saturated heterocycles. The molecule has 4 aromatic heterocycles. The van der Waals surface area contributed by atoms with Gasteiger partial charge in [0.1, 0.15) is 24.0 Å². The molecule has 14 rings (SSSR count). The van der Waals surface area contributed by atoms with Gasteiger partial charge in [0.25, 0.3) is 11.8 Å². The number of likely N-dealkylation sites (tertiary alicyclic amines) is 2. The summed E-state index contributed by atoms with van der Waals surface area (Å²) in [7, 11) is -7.68. The van der Waals surface area contributed by atoms with Crippen LogP contribution in [0.25, 0.3) is 21.7 Å². The lowest BCUT2D eigenvalue weighted by Gasteiger charge is -2.35. The van der Waals surface area contributed by atoms with Crippen molar-refractivity contribution in [2.24, 2.45) is 10.8 Å². The number of ether oxygens (including phenoxy) is 1. The third-order valence-electron chi connectivity index (χ3n) is 17.7. The Hall–Kier alpha value is -8.56. The highest BCUT2D eigenvalue weighted by Gasteiger charge is 2.37. The van der Waals surface area contributed by atoms with E-state index < -0.39 is 52.4 Å². The standard InChI is InChI=1S/C24H27ClFN9O3S.C24H29ClFN7O3S.C18H15P.C4H8O.CH4.H2O/c1-14-11-35-22(28-23(14)33-12-17(26)20(13-33)29-32-27)10-19(30-35)21-5-3-4-8-34(21)24(36)16-9-15(25)6-7-18(16)31-39(2,37)38;1-14-11-33-22(28-23(14)31-12-17(26)18(27)13-31)10-20(29-33)21-5-3-4-8-32(21)24(34)16-9-15(25)6-7-19(16)30-37(2,35)36;1-4-10-16(11-5-1)19(17-12-6-2-7-13-17)18-14-8-3-9-15-18;1-2-4-5-3-1;;/h6-7,9-11,17,20-21,31H,3-5,8,12-13H2,1-2H3;6-7,9-11,17-18,21,30H,3-5,8,12-13,27H2,1-2H3;1-15H;1-4H2;1H4;1H2/t17?,20?,21-;17?,18?,21-;;;;/m00..../s1. The first-order valence-corrected chi connectivity index (χ1v) is 38.9. The lowest BCUT2D eigenvalue weighted by molar-refractivity contribution is 0.0600. The molecule has 4 unspecified atom stereocenters. The number of hydrogen-bond acceptors (Lipinski definition) is 15. The van der Waals surface area contributed by atoms with E-state index >= 15 is 0 Å². The second-order valence-electron chi connectivity index (χ2n) is 25.3. The summed E-state index contributed by atoms with van der Waals surface area (Å²) in [5.74, 6) is 0.562. The van der Waals surface area contributed by atoms with Crippen LogP contribution in [0.2, 0.25) is 10.0 Å². The quantitative estimate of drug-likeness (QED) is 0.0395. The molecule has 6 N–H and O–H groups in total. The smallest absolute Gasteiger partial charge is 0.256 e. The van der Waals surface area contributed by atoms with Gasteiger partial charge in [0.05, 0.1) is 83.7 Å². The third-order valence-corrected chi connectivity index (χ3v) is 21.7. The number of rotatable bonds is 14. The Morgan fingerprint density at radius 1 is 0.608 bits per heavy atom. The van der Waals surface area contributed by atoms with Gasteiger partial charge in [0.2, 0.25) is 20.0 Å². The van der Waals surface area contributed by atoms with E-state index in [0.717, 1.165) is 62.5 Å². The number of carbonyl (C=O) groups is 2. The first-order chi connectivity index (χ1) is 48.0. The highest BCUT2D eigenvalue weighted by Crippen LogP contribution is 2.38. The fourth-order valence-corrected chi connectivity index (χ4v) is 16.8. The SMILES string of the molecule is C.C1CCOC1.Cc1cn2nc([C@@H]3CCCCN3C(=O)c3cc(Cl)ccc3NS(C)(=O)=O)cc2nc1N1CC(F)C(N=[N+]=[N-])C1.Cc1cn2nc([C@@H]3CCCCN3C(=O)c3cc(Cl)ccc3NS(C)(=O)=O)cc2nc1N1CC(N)C(F)C1.O.c1ccc(P(c2ccccc2)c2ccccc2)cc1. The summed E-state index contributed by atoms with van der Waals surface area (Å²) in [5.41, 5.74) is 19.3. The molecule has 5 aromatic carbocycles. The number of sulfonamides is 2. The summed E-state index contributed by atoms with van der Waals surface area (Å²) >= 11 is 12.3. The Labute approximate surface area is 604 Å². The topological polar surface area (TPSA) is 315 Å². The zero-order valence-electron chi connectivity index (χ0n) is 56.2. The van der Waals surface area contributed by atoms with Crippen LogP contribution in [0.5, 0.6) is 0 Å². The fraction of sp³-hybridized carbons (Fsp3) is 0.380. The number of aromatic nitrogens is 6. The van der Waals surface area contributed by atoms with Crippen LogP contribution in [0.3, 0.4) is 0 Å². The molecular weight excluding hydrogens is 1410 g/mol. The number of fused-ring (bicyclic) bond motifs is 2. The normalized spacial score (nSPS) is 19.6. The van der Waals surface area contributed by atoms with E-state index in [2.05, 4.69) is 110 Å². The Morgan fingerprint density at radius 2 is 1.02 bits per heavy atom. The van der Waals surface area contributed by atoms with Crippen LogP contribution in [-0.4, -0.2) is 163 Å². The van der Waals surface area contributed by atoms with Gasteiger partial charge in [-0.1, -0.05) is 127 Å². The summed E-state index contributed by atoms with van der Waals surface area (Å²) in [5, 5.41) is 17.8. The van der Waals surface area contributed by atoms with Gasteiger partial charge in [0.15, 0.2) is 11.3 Å². The van der Waals surface area contributed by atoms with Crippen LogP contribution in [0.1, 0.15) is 114 Å². The van der Waals surface area contributed by atoms with E-state index in [1.165, 1.54) is 65.2 Å². The predicted octanol–water partition coefficient (Wildman–Crippen LogP) is 11.2. The number of anilines is 4. The molecule has 542 valence electrons. The number of nitrogens with zero attached hydrogens (tertiary/aromatic N) is 13. The maximum atomic E-state index is 14.4. The number of azide groups is 1. The van der Waals surface area contributed by atoms with Crippen molar-refractivity contribution in [1.82, 2.24) is 39.0 Å².